The molecule has 0 unspecified atom stereocenters. The zero-order chi connectivity index (χ0) is 22.2. The Morgan fingerprint density at radius 1 is 1.23 bits per heavy atom. The van der Waals surface area contributed by atoms with Crippen molar-refractivity contribution in [3.05, 3.63) is 41.3 Å². The second-order valence-electron chi connectivity index (χ2n) is 7.53. The number of hydrogen-bond acceptors (Lipinski definition) is 6. The third-order valence-corrected chi connectivity index (χ3v) is 6.45. The summed E-state index contributed by atoms with van der Waals surface area (Å²) in [6.45, 7) is 2.37. The number of allylic oxidation sites excluding steroid dienone is 1. The van der Waals surface area contributed by atoms with Gasteiger partial charge in [-0.2, -0.15) is 0 Å². The number of nitrogens with zero attached hydrogens (tertiary/aromatic N) is 1. The Labute approximate surface area is 185 Å². The molecule has 8 heteroatoms. The summed E-state index contributed by atoms with van der Waals surface area (Å²) in [6, 6.07) is 5.38. The molecule has 1 aromatic heterocycles. The number of ether oxygens (including phenoxy) is 2. The van der Waals surface area contributed by atoms with E-state index in [-0.39, 0.29) is 17.4 Å². The van der Waals surface area contributed by atoms with Gasteiger partial charge >= 0.3 is 0 Å². The van der Waals surface area contributed by atoms with E-state index in [1.807, 2.05) is 6.07 Å². The van der Waals surface area contributed by atoms with Crippen LogP contribution in [0.15, 0.2) is 34.3 Å². The predicted molar refractivity (Wildman–Crippen MR) is 121 cm³/mol. The Balaban J connectivity index is 1.54. The molecule has 1 atom stereocenters. The first-order valence-corrected chi connectivity index (χ1v) is 12.0. The SMILES string of the molecule is COc1ccc(-c2nc(C[S@@](=O)CC(=O)NCCC3=CCCCC3)c(C)o2)cc1OC. The topological polar surface area (TPSA) is 90.7 Å². The third-order valence-electron chi connectivity index (χ3n) is 5.27. The number of aromatic nitrogens is 1. The summed E-state index contributed by atoms with van der Waals surface area (Å²) in [7, 11) is 1.77. The number of hydrogen-bond donors (Lipinski definition) is 1. The van der Waals surface area contributed by atoms with Crippen molar-refractivity contribution in [1.82, 2.24) is 10.3 Å². The van der Waals surface area contributed by atoms with Crippen LogP contribution < -0.4 is 14.8 Å². The second-order valence-corrected chi connectivity index (χ2v) is 8.99. The van der Waals surface area contributed by atoms with E-state index in [2.05, 4.69) is 16.4 Å². The molecule has 0 bridgehead atoms. The minimum absolute atomic E-state index is 0.0446. The maximum atomic E-state index is 12.5. The summed E-state index contributed by atoms with van der Waals surface area (Å²) in [5.41, 5.74) is 2.73. The minimum atomic E-state index is -1.37. The minimum Gasteiger partial charge on any atom is -0.493 e. The molecule has 7 nitrogen and oxygen atoms in total. The third kappa shape index (κ3) is 6.43. The van der Waals surface area contributed by atoms with E-state index in [1.165, 1.54) is 18.4 Å². The molecule has 1 amide bonds. The second kappa shape index (κ2) is 11.1. The molecule has 168 valence electrons. The maximum absolute atomic E-state index is 12.5. The first-order chi connectivity index (χ1) is 15.0. The molecule has 0 spiro atoms. The van der Waals surface area contributed by atoms with Gasteiger partial charge < -0.3 is 19.2 Å². The van der Waals surface area contributed by atoms with Gasteiger partial charge in [-0.05, 0) is 57.2 Å². The van der Waals surface area contributed by atoms with Crippen LogP contribution in [0.4, 0.5) is 0 Å². The molecule has 1 aliphatic carbocycles. The van der Waals surface area contributed by atoms with Crippen molar-refractivity contribution in [1.29, 1.82) is 0 Å². The summed E-state index contributed by atoms with van der Waals surface area (Å²) in [5, 5.41) is 2.87. The number of benzene rings is 1. The van der Waals surface area contributed by atoms with E-state index in [9.17, 15) is 9.00 Å². The largest absolute Gasteiger partial charge is 0.493 e. The fourth-order valence-electron chi connectivity index (χ4n) is 3.55. The molecule has 2 aromatic rings. The summed E-state index contributed by atoms with van der Waals surface area (Å²) in [6.07, 6.45) is 7.88. The van der Waals surface area contributed by atoms with Crippen molar-refractivity contribution in [2.45, 2.75) is 44.8 Å². The van der Waals surface area contributed by atoms with E-state index in [1.54, 1.807) is 33.3 Å². The zero-order valence-electron chi connectivity index (χ0n) is 18.4. The molecule has 1 aromatic carbocycles. The van der Waals surface area contributed by atoms with Crippen LogP contribution in [0.1, 0.15) is 43.6 Å². The highest BCUT2D eigenvalue weighted by Gasteiger charge is 2.17. The molecule has 0 fully saturated rings. The maximum Gasteiger partial charge on any atom is 0.232 e. The van der Waals surface area contributed by atoms with Gasteiger partial charge in [0.05, 0.1) is 25.7 Å². The summed E-state index contributed by atoms with van der Waals surface area (Å²) in [5.74, 6) is 2.11. The summed E-state index contributed by atoms with van der Waals surface area (Å²) in [4.78, 5) is 16.6. The van der Waals surface area contributed by atoms with Crippen LogP contribution in [0.25, 0.3) is 11.5 Å². The smallest absolute Gasteiger partial charge is 0.232 e. The van der Waals surface area contributed by atoms with E-state index in [0.717, 1.165) is 24.8 Å². The van der Waals surface area contributed by atoms with Gasteiger partial charge in [0.2, 0.25) is 11.8 Å². The van der Waals surface area contributed by atoms with Gasteiger partial charge in [-0.1, -0.05) is 11.6 Å². The molecular formula is C23H30N2O5S. The van der Waals surface area contributed by atoms with Gasteiger partial charge in [0.15, 0.2) is 11.5 Å². The molecule has 1 heterocycles. The van der Waals surface area contributed by atoms with Gasteiger partial charge in [0.25, 0.3) is 0 Å². The Morgan fingerprint density at radius 2 is 2.03 bits per heavy atom. The Hall–Kier alpha value is -2.61. The van der Waals surface area contributed by atoms with E-state index >= 15 is 0 Å². The van der Waals surface area contributed by atoms with Gasteiger partial charge in [-0.3, -0.25) is 9.00 Å². The van der Waals surface area contributed by atoms with Crippen LogP contribution in [-0.4, -0.2) is 41.6 Å². The summed E-state index contributed by atoms with van der Waals surface area (Å²) >= 11 is 0. The number of methoxy groups -OCH3 is 2. The van der Waals surface area contributed by atoms with Crippen LogP contribution in [0.2, 0.25) is 0 Å². The van der Waals surface area contributed by atoms with E-state index in [4.69, 9.17) is 13.9 Å². The van der Waals surface area contributed by atoms with Crippen molar-refractivity contribution < 1.29 is 22.9 Å². The van der Waals surface area contributed by atoms with Crippen LogP contribution in [-0.2, 0) is 21.3 Å². The normalized spacial score (nSPS) is 14.6. The van der Waals surface area contributed by atoms with Gasteiger partial charge in [0, 0.05) is 22.9 Å². The molecule has 0 aliphatic heterocycles. The van der Waals surface area contributed by atoms with Crippen molar-refractivity contribution in [3.63, 3.8) is 0 Å². The van der Waals surface area contributed by atoms with Crippen LogP contribution in [0.3, 0.4) is 0 Å². The van der Waals surface area contributed by atoms with Crippen molar-refractivity contribution >= 4 is 16.7 Å². The molecule has 0 saturated heterocycles. The first kappa shape index (κ1) is 23.1. The van der Waals surface area contributed by atoms with Crippen molar-refractivity contribution in [2.75, 3.05) is 26.5 Å². The number of amides is 1. The monoisotopic (exact) mass is 446 g/mol. The standard InChI is InChI=1S/C23H30N2O5S/c1-16-19(25-23(30-16)18-9-10-20(28-2)21(13-18)29-3)14-31(27)15-22(26)24-12-11-17-7-5-4-6-8-17/h7,9-10,13H,4-6,8,11-12,14-15H2,1-3H3,(H,24,26)/t31-/m1/s1. The van der Waals surface area contributed by atoms with Gasteiger partial charge in [-0.15, -0.1) is 0 Å². The molecule has 1 aliphatic rings. The Morgan fingerprint density at radius 3 is 2.74 bits per heavy atom. The van der Waals surface area contributed by atoms with Gasteiger partial charge in [0.1, 0.15) is 11.5 Å². The lowest BCUT2D eigenvalue weighted by atomic mass is 9.97. The van der Waals surface area contributed by atoms with Crippen LogP contribution >= 0.6 is 0 Å². The predicted octanol–water partition coefficient (Wildman–Crippen LogP) is 3.92. The lowest BCUT2D eigenvalue weighted by Crippen LogP contribution is -2.29. The molecule has 0 saturated carbocycles. The molecule has 1 N–H and O–H groups in total. The lowest BCUT2D eigenvalue weighted by molar-refractivity contribution is -0.118. The number of rotatable bonds is 10. The Kier molecular flexibility index (Phi) is 8.28. The number of carbonyl (C=O) groups excluding carboxylic acids is 1. The quantitative estimate of drug-likeness (QED) is 0.556. The van der Waals surface area contributed by atoms with Crippen LogP contribution in [0.5, 0.6) is 11.5 Å². The fourth-order valence-corrected chi connectivity index (χ4v) is 4.62. The van der Waals surface area contributed by atoms with Crippen LogP contribution in [0, 0.1) is 6.92 Å². The molecular weight excluding hydrogens is 416 g/mol. The van der Waals surface area contributed by atoms with Gasteiger partial charge in [-0.25, -0.2) is 4.98 Å². The number of oxazole rings is 1. The molecule has 3 rings (SSSR count). The molecule has 0 radical (unpaired) electrons. The first-order valence-electron chi connectivity index (χ1n) is 10.5. The van der Waals surface area contributed by atoms with E-state index in [0.29, 0.717) is 35.4 Å². The highest BCUT2D eigenvalue weighted by atomic mass is 32.2. The average Bonchev–Trinajstić information content (AvgIpc) is 3.13. The highest BCUT2D eigenvalue weighted by molar-refractivity contribution is 7.84. The molecule has 31 heavy (non-hydrogen) atoms. The fraction of sp³-hybridized carbons (Fsp3) is 0.478. The summed E-state index contributed by atoms with van der Waals surface area (Å²) < 4.78 is 28.8. The van der Waals surface area contributed by atoms with Crippen molar-refractivity contribution in [2.24, 2.45) is 0 Å². The number of carbonyl (C=O) groups is 1. The average molecular weight is 447 g/mol. The van der Waals surface area contributed by atoms with Crippen molar-refractivity contribution in [3.8, 4) is 23.0 Å². The Bertz CT molecular complexity index is 967. The number of aryl methyl sites for hydroxylation is 1. The number of nitrogens with one attached hydrogen (secondary N) is 1. The zero-order valence-corrected chi connectivity index (χ0v) is 19.2. The lowest BCUT2D eigenvalue weighted by Gasteiger charge is -2.12. The highest BCUT2D eigenvalue weighted by Crippen LogP contribution is 2.32. The van der Waals surface area contributed by atoms with E-state index < -0.39 is 10.8 Å².